The molecule has 4 aromatic carbocycles. The molecule has 36 heavy (non-hydrogen) atoms. The Bertz CT molecular complexity index is 1420. The number of piperidine rings is 1. The van der Waals surface area contributed by atoms with Crippen LogP contribution in [0, 0.1) is 5.41 Å². The highest BCUT2D eigenvalue weighted by Gasteiger charge is 2.62. The minimum atomic E-state index is -0.528. The van der Waals surface area contributed by atoms with Crippen LogP contribution in [0.1, 0.15) is 24.4 Å². The van der Waals surface area contributed by atoms with Crippen LogP contribution in [-0.2, 0) is 4.79 Å². The minimum absolute atomic E-state index is 0.0899. The molecule has 0 bridgehead atoms. The number of amides is 3. The van der Waals surface area contributed by atoms with Crippen molar-refractivity contribution in [2.24, 2.45) is 5.41 Å². The predicted molar refractivity (Wildman–Crippen MR) is 144 cm³/mol. The zero-order valence-electron chi connectivity index (χ0n) is 19.7. The first-order chi connectivity index (χ1) is 17.6. The molecule has 180 valence electrons. The number of anilines is 2. The topological polar surface area (TPSA) is 52.7 Å². The van der Waals surface area contributed by atoms with Crippen molar-refractivity contribution in [2.75, 3.05) is 23.3 Å². The molecule has 2 saturated heterocycles. The molecule has 0 aromatic heterocycles. The second-order valence-electron chi connectivity index (χ2n) is 9.56. The van der Waals surface area contributed by atoms with Crippen molar-refractivity contribution in [1.82, 2.24) is 4.90 Å². The third kappa shape index (κ3) is 3.71. The summed E-state index contributed by atoms with van der Waals surface area (Å²) in [5, 5.41) is 5.86. The third-order valence-electron chi connectivity index (χ3n) is 7.62. The van der Waals surface area contributed by atoms with Crippen molar-refractivity contribution in [3.05, 3.63) is 108 Å². The molecule has 2 aliphatic rings. The van der Waals surface area contributed by atoms with Gasteiger partial charge in [-0.1, -0.05) is 78.3 Å². The number of hydrogen-bond acceptors (Lipinski definition) is 2. The molecule has 1 atom stereocenters. The second kappa shape index (κ2) is 8.99. The summed E-state index contributed by atoms with van der Waals surface area (Å²) >= 11 is 6.16. The van der Waals surface area contributed by atoms with Crippen LogP contribution in [0.25, 0.3) is 10.8 Å². The summed E-state index contributed by atoms with van der Waals surface area (Å²) in [5.41, 5.74) is 2.23. The largest absolute Gasteiger partial charge is 0.324 e. The van der Waals surface area contributed by atoms with Crippen LogP contribution < -0.4 is 10.2 Å². The number of β-lactam (4-membered cyclic amide) rings is 1. The van der Waals surface area contributed by atoms with E-state index in [4.69, 9.17) is 11.6 Å². The van der Waals surface area contributed by atoms with Gasteiger partial charge in [-0.05, 0) is 54.1 Å². The SMILES string of the molecule is O=C(Nc1cccc2ccccc12)N1CCC2(CC1)C(=O)N(c1ccccc1)C2c1ccc(Cl)cc1. The van der Waals surface area contributed by atoms with Gasteiger partial charge in [-0.15, -0.1) is 0 Å². The summed E-state index contributed by atoms with van der Waals surface area (Å²) in [6.07, 6.45) is 1.23. The Morgan fingerprint density at radius 2 is 1.50 bits per heavy atom. The number of rotatable bonds is 3. The fourth-order valence-electron chi connectivity index (χ4n) is 5.75. The van der Waals surface area contributed by atoms with Gasteiger partial charge in [-0.25, -0.2) is 4.79 Å². The summed E-state index contributed by atoms with van der Waals surface area (Å²) in [4.78, 5) is 30.6. The third-order valence-corrected chi connectivity index (χ3v) is 7.87. The highest BCUT2D eigenvalue weighted by molar-refractivity contribution is 6.30. The number of carbonyl (C=O) groups excluding carboxylic acids is 2. The van der Waals surface area contributed by atoms with Crippen LogP contribution in [0.2, 0.25) is 5.02 Å². The number of para-hydroxylation sites is 1. The summed E-state index contributed by atoms with van der Waals surface area (Å²) in [7, 11) is 0. The van der Waals surface area contributed by atoms with E-state index in [0.717, 1.165) is 27.7 Å². The van der Waals surface area contributed by atoms with Crippen LogP contribution in [-0.4, -0.2) is 29.9 Å². The average molecular weight is 496 g/mol. The van der Waals surface area contributed by atoms with E-state index in [1.165, 1.54) is 0 Å². The van der Waals surface area contributed by atoms with E-state index in [1.54, 1.807) is 0 Å². The smallest absolute Gasteiger partial charge is 0.321 e. The normalized spacial score (nSPS) is 18.8. The van der Waals surface area contributed by atoms with Gasteiger partial charge >= 0.3 is 6.03 Å². The highest BCUT2D eigenvalue weighted by atomic mass is 35.5. The number of carbonyl (C=O) groups is 2. The van der Waals surface area contributed by atoms with Gasteiger partial charge < -0.3 is 15.1 Å². The lowest BCUT2D eigenvalue weighted by atomic mass is 9.62. The standard InChI is InChI=1S/C30H26ClN3O2/c31-23-15-13-22(14-16-23)27-30(28(35)34(27)24-9-2-1-3-10-24)17-19-33(20-18-30)29(36)32-26-12-6-8-21-7-4-5-11-25(21)26/h1-16,27H,17-20H2,(H,32,36). The van der Waals surface area contributed by atoms with Crippen LogP contribution in [0.5, 0.6) is 0 Å². The molecule has 1 N–H and O–H groups in total. The number of fused-ring (bicyclic) bond motifs is 1. The van der Waals surface area contributed by atoms with Crippen LogP contribution in [0.3, 0.4) is 0 Å². The molecule has 6 heteroatoms. The van der Waals surface area contributed by atoms with Gasteiger partial charge in [0.15, 0.2) is 0 Å². The Kier molecular flexibility index (Phi) is 5.65. The molecule has 2 fully saturated rings. The molecule has 2 aliphatic heterocycles. The first-order valence-electron chi connectivity index (χ1n) is 12.2. The number of likely N-dealkylation sites (tertiary alicyclic amines) is 1. The summed E-state index contributed by atoms with van der Waals surface area (Å²) in [6, 6.07) is 31.3. The number of urea groups is 1. The molecule has 4 aromatic rings. The van der Waals surface area contributed by atoms with Gasteiger partial charge in [0.1, 0.15) is 0 Å². The Morgan fingerprint density at radius 3 is 2.25 bits per heavy atom. The summed E-state index contributed by atoms with van der Waals surface area (Å²) in [6.45, 7) is 1.05. The monoisotopic (exact) mass is 495 g/mol. The van der Waals surface area contributed by atoms with E-state index >= 15 is 0 Å². The zero-order chi connectivity index (χ0) is 24.7. The lowest BCUT2D eigenvalue weighted by Crippen LogP contribution is -2.67. The van der Waals surface area contributed by atoms with Gasteiger partial charge in [0.05, 0.1) is 17.1 Å². The van der Waals surface area contributed by atoms with Crippen molar-refractivity contribution >= 4 is 45.7 Å². The fraction of sp³-hybridized carbons (Fsp3) is 0.200. The van der Waals surface area contributed by atoms with E-state index < -0.39 is 5.41 Å². The van der Waals surface area contributed by atoms with Gasteiger partial charge in [-0.3, -0.25) is 4.79 Å². The molecule has 0 aliphatic carbocycles. The minimum Gasteiger partial charge on any atom is -0.324 e. The van der Waals surface area contributed by atoms with E-state index in [2.05, 4.69) is 5.32 Å². The highest BCUT2D eigenvalue weighted by Crippen LogP contribution is 2.57. The van der Waals surface area contributed by atoms with E-state index in [-0.39, 0.29) is 18.0 Å². The van der Waals surface area contributed by atoms with Crippen molar-refractivity contribution in [3.8, 4) is 0 Å². The van der Waals surface area contributed by atoms with Crippen LogP contribution in [0.4, 0.5) is 16.2 Å². The number of benzene rings is 4. The summed E-state index contributed by atoms with van der Waals surface area (Å²) in [5.74, 6) is 0.128. The molecular formula is C30H26ClN3O2. The van der Waals surface area contributed by atoms with E-state index in [9.17, 15) is 9.59 Å². The Labute approximate surface area is 215 Å². The first kappa shape index (κ1) is 22.6. The van der Waals surface area contributed by atoms with Crippen LogP contribution in [0.15, 0.2) is 97.1 Å². The number of nitrogens with zero attached hydrogens (tertiary/aromatic N) is 2. The van der Waals surface area contributed by atoms with E-state index in [1.807, 2.05) is 107 Å². The number of nitrogens with one attached hydrogen (secondary N) is 1. The Hall–Kier alpha value is -3.83. The molecule has 3 amide bonds. The molecule has 1 spiro atoms. The van der Waals surface area contributed by atoms with E-state index in [0.29, 0.717) is 31.0 Å². The van der Waals surface area contributed by atoms with Gasteiger partial charge in [0.2, 0.25) is 5.91 Å². The molecule has 1 unspecified atom stereocenters. The lowest BCUT2D eigenvalue weighted by Gasteiger charge is -2.59. The Morgan fingerprint density at radius 1 is 0.833 bits per heavy atom. The Balaban J connectivity index is 1.23. The predicted octanol–water partition coefficient (Wildman–Crippen LogP) is 6.90. The number of halogens is 1. The maximum atomic E-state index is 13.7. The van der Waals surface area contributed by atoms with Crippen molar-refractivity contribution in [2.45, 2.75) is 18.9 Å². The molecular weight excluding hydrogens is 470 g/mol. The van der Waals surface area contributed by atoms with Gasteiger partial charge in [0.25, 0.3) is 0 Å². The quantitative estimate of drug-likeness (QED) is 0.314. The van der Waals surface area contributed by atoms with Gasteiger partial charge in [-0.2, -0.15) is 0 Å². The van der Waals surface area contributed by atoms with Crippen molar-refractivity contribution in [1.29, 1.82) is 0 Å². The molecule has 5 nitrogen and oxygen atoms in total. The molecule has 0 radical (unpaired) electrons. The van der Waals surface area contributed by atoms with Crippen LogP contribution >= 0.6 is 11.6 Å². The molecule has 0 saturated carbocycles. The maximum absolute atomic E-state index is 13.7. The number of hydrogen-bond donors (Lipinski definition) is 1. The first-order valence-corrected chi connectivity index (χ1v) is 12.6. The lowest BCUT2D eigenvalue weighted by molar-refractivity contribution is -0.144. The van der Waals surface area contributed by atoms with Crippen molar-refractivity contribution < 1.29 is 9.59 Å². The maximum Gasteiger partial charge on any atom is 0.321 e. The molecule has 2 heterocycles. The molecule has 6 rings (SSSR count). The zero-order valence-corrected chi connectivity index (χ0v) is 20.5. The average Bonchev–Trinajstić information content (AvgIpc) is 2.93. The fourth-order valence-corrected chi connectivity index (χ4v) is 5.87. The van der Waals surface area contributed by atoms with Gasteiger partial charge in [0, 0.05) is 29.2 Å². The van der Waals surface area contributed by atoms with Crippen molar-refractivity contribution in [3.63, 3.8) is 0 Å². The summed E-state index contributed by atoms with van der Waals surface area (Å²) < 4.78 is 0. The second-order valence-corrected chi connectivity index (χ2v) is 10.0.